The third-order valence-electron chi connectivity index (χ3n) is 2.99. The quantitative estimate of drug-likeness (QED) is 0.685. The molecule has 0 spiro atoms. The van der Waals surface area contributed by atoms with Crippen molar-refractivity contribution in [3.8, 4) is 0 Å². The van der Waals surface area contributed by atoms with Gasteiger partial charge in [-0.25, -0.2) is 0 Å². The van der Waals surface area contributed by atoms with E-state index in [0.717, 1.165) is 12.8 Å². The molecule has 0 saturated carbocycles. The summed E-state index contributed by atoms with van der Waals surface area (Å²) in [5.41, 5.74) is 0. The molecule has 0 unspecified atom stereocenters. The van der Waals surface area contributed by atoms with Crippen molar-refractivity contribution in [2.45, 2.75) is 45.7 Å². The first-order valence-electron chi connectivity index (χ1n) is 5.01. The van der Waals surface area contributed by atoms with Crippen LogP contribution >= 0.6 is 0 Å². The highest BCUT2D eigenvalue weighted by Crippen LogP contribution is 2.23. The normalized spacial score (nSPS) is 34.9. The molecule has 3 atom stereocenters. The van der Waals surface area contributed by atoms with E-state index in [-0.39, 0.29) is 12.0 Å². The summed E-state index contributed by atoms with van der Waals surface area (Å²) in [5.74, 6) is -0.269. The molecule has 0 aliphatic carbocycles. The summed E-state index contributed by atoms with van der Waals surface area (Å²) >= 11 is 0. The van der Waals surface area contributed by atoms with Crippen LogP contribution in [-0.4, -0.2) is 23.2 Å². The van der Waals surface area contributed by atoms with Gasteiger partial charge in [-0.05, 0) is 25.7 Å². The van der Waals surface area contributed by atoms with Gasteiger partial charge in [0.25, 0.3) is 0 Å². The van der Waals surface area contributed by atoms with Crippen molar-refractivity contribution >= 4 is 5.97 Å². The number of carboxylic acids is 1. The molecule has 3 heteroatoms. The molecule has 1 fully saturated rings. The zero-order valence-electron chi connectivity index (χ0n) is 8.58. The number of nitrogens with one attached hydrogen (secondary N) is 1. The fraction of sp³-hybridized carbons (Fsp3) is 0.900. The molecule has 13 heavy (non-hydrogen) atoms. The molecule has 0 amide bonds. The fourth-order valence-electron chi connectivity index (χ4n) is 2.01. The minimum absolute atomic E-state index is 0.110. The standard InChI is InChI=1S/C10H19NO2/c1-6(2)9-5-4-8(10(12)13)7(3)11-9/h6-9,11H,4-5H2,1-3H3,(H,12,13)/t7-,8-,9-/m0/s1. The first-order chi connectivity index (χ1) is 6.02. The highest BCUT2D eigenvalue weighted by atomic mass is 16.4. The second kappa shape index (κ2) is 4.09. The molecular weight excluding hydrogens is 166 g/mol. The van der Waals surface area contributed by atoms with Gasteiger partial charge in [-0.15, -0.1) is 0 Å². The Balaban J connectivity index is 2.51. The van der Waals surface area contributed by atoms with Gasteiger partial charge in [0.2, 0.25) is 0 Å². The predicted molar refractivity (Wildman–Crippen MR) is 51.6 cm³/mol. The molecular formula is C10H19NO2. The van der Waals surface area contributed by atoms with Crippen molar-refractivity contribution < 1.29 is 9.90 Å². The molecule has 0 radical (unpaired) electrons. The highest BCUT2D eigenvalue weighted by Gasteiger charge is 2.32. The van der Waals surface area contributed by atoms with Gasteiger partial charge in [-0.1, -0.05) is 13.8 Å². The lowest BCUT2D eigenvalue weighted by Gasteiger charge is -2.35. The van der Waals surface area contributed by atoms with Crippen molar-refractivity contribution in [1.29, 1.82) is 0 Å². The number of carboxylic acid groups (broad SMARTS) is 1. The minimum atomic E-state index is -0.665. The van der Waals surface area contributed by atoms with Gasteiger partial charge in [-0.3, -0.25) is 4.79 Å². The van der Waals surface area contributed by atoms with E-state index < -0.39 is 5.97 Å². The van der Waals surface area contributed by atoms with Gasteiger partial charge in [-0.2, -0.15) is 0 Å². The minimum Gasteiger partial charge on any atom is -0.481 e. The van der Waals surface area contributed by atoms with Gasteiger partial charge >= 0.3 is 5.97 Å². The zero-order valence-corrected chi connectivity index (χ0v) is 8.58. The zero-order chi connectivity index (χ0) is 10.0. The van der Waals surface area contributed by atoms with E-state index in [1.165, 1.54) is 0 Å². The average Bonchev–Trinajstić information content (AvgIpc) is 2.03. The number of hydrogen-bond acceptors (Lipinski definition) is 2. The second-order valence-corrected chi connectivity index (χ2v) is 4.33. The van der Waals surface area contributed by atoms with Crippen LogP contribution in [0.2, 0.25) is 0 Å². The first kappa shape index (κ1) is 10.5. The number of aliphatic carboxylic acids is 1. The third kappa shape index (κ3) is 2.44. The van der Waals surface area contributed by atoms with Crippen molar-refractivity contribution in [1.82, 2.24) is 5.32 Å². The van der Waals surface area contributed by atoms with Crippen molar-refractivity contribution in [3.05, 3.63) is 0 Å². The van der Waals surface area contributed by atoms with E-state index in [1.807, 2.05) is 6.92 Å². The summed E-state index contributed by atoms with van der Waals surface area (Å²) in [6.07, 6.45) is 1.80. The number of piperidine rings is 1. The van der Waals surface area contributed by atoms with E-state index in [0.29, 0.717) is 12.0 Å². The molecule has 76 valence electrons. The summed E-state index contributed by atoms with van der Waals surface area (Å²) in [5, 5.41) is 12.3. The molecule has 1 rings (SSSR count). The van der Waals surface area contributed by atoms with E-state index in [9.17, 15) is 4.79 Å². The van der Waals surface area contributed by atoms with E-state index in [4.69, 9.17) is 5.11 Å². The maximum absolute atomic E-state index is 10.8. The molecule has 2 N–H and O–H groups in total. The van der Waals surface area contributed by atoms with Gasteiger partial charge in [0, 0.05) is 12.1 Å². The summed E-state index contributed by atoms with van der Waals surface area (Å²) < 4.78 is 0. The molecule has 0 bridgehead atoms. The Labute approximate surface area is 79.5 Å². The van der Waals surface area contributed by atoms with Crippen LogP contribution in [0.4, 0.5) is 0 Å². The first-order valence-corrected chi connectivity index (χ1v) is 5.01. The molecule has 1 saturated heterocycles. The Hall–Kier alpha value is -0.570. The van der Waals surface area contributed by atoms with Crippen LogP contribution in [-0.2, 0) is 4.79 Å². The van der Waals surface area contributed by atoms with Crippen LogP contribution < -0.4 is 5.32 Å². The molecule has 0 aromatic carbocycles. The lowest BCUT2D eigenvalue weighted by Crippen LogP contribution is -2.50. The van der Waals surface area contributed by atoms with Crippen molar-refractivity contribution in [2.75, 3.05) is 0 Å². The monoisotopic (exact) mass is 185 g/mol. The number of carbonyl (C=O) groups is 1. The summed E-state index contributed by atoms with van der Waals surface area (Å²) in [6.45, 7) is 6.31. The molecule has 1 heterocycles. The molecule has 1 aliphatic rings. The van der Waals surface area contributed by atoms with Crippen molar-refractivity contribution in [3.63, 3.8) is 0 Å². The van der Waals surface area contributed by atoms with Crippen LogP contribution in [0.3, 0.4) is 0 Å². The van der Waals surface area contributed by atoms with Gasteiger partial charge in [0.1, 0.15) is 0 Å². The van der Waals surface area contributed by atoms with Gasteiger partial charge in [0.05, 0.1) is 5.92 Å². The molecule has 1 aliphatic heterocycles. The SMILES string of the molecule is CC(C)[C@@H]1CC[C@H](C(=O)O)[C@H](C)N1. The molecule has 0 aromatic heterocycles. The summed E-state index contributed by atoms with van der Waals surface area (Å²) in [4.78, 5) is 10.8. The lowest BCUT2D eigenvalue weighted by molar-refractivity contribution is -0.143. The van der Waals surface area contributed by atoms with Crippen molar-refractivity contribution in [2.24, 2.45) is 11.8 Å². The number of hydrogen-bond donors (Lipinski definition) is 2. The fourth-order valence-corrected chi connectivity index (χ4v) is 2.01. The Morgan fingerprint density at radius 1 is 1.46 bits per heavy atom. The van der Waals surface area contributed by atoms with Crippen LogP contribution in [0.25, 0.3) is 0 Å². The number of rotatable bonds is 2. The molecule has 3 nitrogen and oxygen atoms in total. The topological polar surface area (TPSA) is 49.3 Å². The Kier molecular flexibility index (Phi) is 3.31. The van der Waals surface area contributed by atoms with E-state index in [2.05, 4.69) is 19.2 Å². The van der Waals surface area contributed by atoms with Crippen LogP contribution in [0.5, 0.6) is 0 Å². The third-order valence-corrected chi connectivity index (χ3v) is 2.99. The Morgan fingerprint density at radius 2 is 2.08 bits per heavy atom. The van der Waals surface area contributed by atoms with Gasteiger partial charge < -0.3 is 10.4 Å². The van der Waals surface area contributed by atoms with Crippen LogP contribution in [0.15, 0.2) is 0 Å². The highest BCUT2D eigenvalue weighted by molar-refractivity contribution is 5.71. The maximum atomic E-state index is 10.8. The maximum Gasteiger partial charge on any atom is 0.308 e. The lowest BCUT2D eigenvalue weighted by atomic mass is 9.84. The Morgan fingerprint density at radius 3 is 2.46 bits per heavy atom. The van der Waals surface area contributed by atoms with E-state index >= 15 is 0 Å². The predicted octanol–water partition coefficient (Wildman–Crippen LogP) is 1.48. The largest absolute Gasteiger partial charge is 0.481 e. The Bertz CT molecular complexity index is 191. The smallest absolute Gasteiger partial charge is 0.308 e. The van der Waals surface area contributed by atoms with Gasteiger partial charge in [0.15, 0.2) is 0 Å². The summed E-state index contributed by atoms with van der Waals surface area (Å²) in [7, 11) is 0. The van der Waals surface area contributed by atoms with Crippen LogP contribution in [0, 0.1) is 11.8 Å². The molecule has 0 aromatic rings. The van der Waals surface area contributed by atoms with E-state index in [1.54, 1.807) is 0 Å². The second-order valence-electron chi connectivity index (χ2n) is 4.33. The summed E-state index contributed by atoms with van der Waals surface area (Å²) in [6, 6.07) is 0.601. The average molecular weight is 185 g/mol. The van der Waals surface area contributed by atoms with Crippen LogP contribution in [0.1, 0.15) is 33.6 Å².